The number of aromatic amines is 1. The molecule has 3 aliphatic rings. The molecule has 2 aromatic heterocycles. The minimum absolute atomic E-state index is 0.0911. The first-order valence-electron chi connectivity index (χ1n) is 14.8. The van der Waals surface area contributed by atoms with Gasteiger partial charge in [0.25, 0.3) is 5.56 Å². The van der Waals surface area contributed by atoms with Crippen molar-refractivity contribution in [2.24, 2.45) is 5.41 Å². The smallest absolute Gasteiger partial charge is 0.313 e. The monoisotopic (exact) mass is 554 g/mol. The fourth-order valence-corrected chi connectivity index (χ4v) is 7.22. The molecule has 4 aromatic rings. The molecule has 0 atom stereocenters. The van der Waals surface area contributed by atoms with Crippen molar-refractivity contribution in [1.82, 2.24) is 30.0 Å². The van der Waals surface area contributed by atoms with Crippen LogP contribution < -0.4 is 5.56 Å². The number of rotatable bonds is 9. The first kappa shape index (κ1) is 27.2. The highest BCUT2D eigenvalue weighted by atomic mass is 16.5. The molecule has 9 nitrogen and oxygen atoms in total. The third-order valence-electron chi connectivity index (χ3n) is 9.41. The van der Waals surface area contributed by atoms with Crippen molar-refractivity contribution in [2.75, 3.05) is 6.61 Å². The predicted molar refractivity (Wildman–Crippen MR) is 156 cm³/mol. The standard InChI is InChI=1S/C32H38N6O3/c1-5-9-27-26(20-21-12-14-22(15-13-21)24-10-7-8-11-25(24)28-33-35-36-34-28)29(39)37-23-16-18-32(19-17-23,38(27)37)31(3,4)30(40)41-6-2/h7-8,10-15,23H,5-6,9,16-20H2,1-4H3,(H,33,34,35,36). The molecular weight excluding hydrogens is 516 g/mol. The minimum atomic E-state index is -0.755. The first-order valence-corrected chi connectivity index (χ1v) is 14.8. The van der Waals surface area contributed by atoms with Gasteiger partial charge in [-0.15, -0.1) is 10.2 Å². The van der Waals surface area contributed by atoms with Crippen molar-refractivity contribution >= 4 is 5.97 Å². The van der Waals surface area contributed by atoms with Crippen LogP contribution in [0.2, 0.25) is 0 Å². The van der Waals surface area contributed by atoms with Crippen LogP contribution in [0.5, 0.6) is 0 Å². The number of carbonyl (C=O) groups is 1. The maximum atomic E-state index is 14.1. The summed E-state index contributed by atoms with van der Waals surface area (Å²) in [5.41, 5.74) is 4.84. The van der Waals surface area contributed by atoms with Gasteiger partial charge < -0.3 is 4.74 Å². The van der Waals surface area contributed by atoms with Gasteiger partial charge in [0.2, 0.25) is 5.82 Å². The molecule has 9 heteroatoms. The molecule has 1 saturated carbocycles. The summed E-state index contributed by atoms with van der Waals surface area (Å²) in [6.07, 6.45) is 5.84. The number of fused-ring (bicyclic) bond motifs is 2. The number of nitrogens with zero attached hydrogens (tertiary/aromatic N) is 5. The van der Waals surface area contributed by atoms with E-state index in [0.717, 1.165) is 72.0 Å². The maximum absolute atomic E-state index is 14.1. The average Bonchev–Trinajstić information content (AvgIpc) is 3.63. The average molecular weight is 555 g/mol. The van der Waals surface area contributed by atoms with Gasteiger partial charge in [0, 0.05) is 23.2 Å². The summed E-state index contributed by atoms with van der Waals surface area (Å²) in [5, 5.41) is 14.6. The van der Waals surface area contributed by atoms with Crippen molar-refractivity contribution in [3.05, 3.63) is 75.7 Å². The molecule has 0 amide bonds. The Balaban J connectivity index is 1.40. The van der Waals surface area contributed by atoms with E-state index in [1.165, 1.54) is 0 Å². The third-order valence-corrected chi connectivity index (χ3v) is 9.41. The lowest BCUT2D eigenvalue weighted by molar-refractivity contribution is -0.167. The zero-order valence-corrected chi connectivity index (χ0v) is 24.3. The second-order valence-electron chi connectivity index (χ2n) is 11.9. The molecule has 2 bridgehead atoms. The lowest BCUT2D eigenvalue weighted by Crippen LogP contribution is -2.60. The number of nitrogens with one attached hydrogen (secondary N) is 1. The third kappa shape index (κ3) is 4.24. The lowest BCUT2D eigenvalue weighted by Gasteiger charge is -2.55. The molecule has 2 aromatic carbocycles. The van der Waals surface area contributed by atoms with Gasteiger partial charge in [-0.1, -0.05) is 61.9 Å². The Kier molecular flexibility index (Phi) is 6.91. The number of hydrogen-bond acceptors (Lipinski definition) is 6. The number of aromatic nitrogens is 6. The summed E-state index contributed by atoms with van der Waals surface area (Å²) in [6.45, 7) is 8.37. The van der Waals surface area contributed by atoms with Gasteiger partial charge in [-0.05, 0) is 74.8 Å². The molecule has 1 aliphatic carbocycles. The number of benzene rings is 2. The van der Waals surface area contributed by atoms with Crippen LogP contribution in [-0.4, -0.2) is 42.6 Å². The van der Waals surface area contributed by atoms with Crippen LogP contribution in [0.3, 0.4) is 0 Å². The van der Waals surface area contributed by atoms with Crippen LogP contribution in [-0.2, 0) is 27.9 Å². The molecule has 0 saturated heterocycles. The van der Waals surface area contributed by atoms with Gasteiger partial charge in [-0.2, -0.15) is 5.21 Å². The molecule has 0 spiro atoms. The van der Waals surface area contributed by atoms with Crippen molar-refractivity contribution in [1.29, 1.82) is 0 Å². The van der Waals surface area contributed by atoms with Crippen LogP contribution in [0, 0.1) is 5.41 Å². The summed E-state index contributed by atoms with van der Waals surface area (Å²) in [4.78, 5) is 27.5. The van der Waals surface area contributed by atoms with E-state index >= 15 is 0 Å². The van der Waals surface area contributed by atoms with E-state index in [2.05, 4.69) is 62.6 Å². The fourth-order valence-electron chi connectivity index (χ4n) is 7.22. The van der Waals surface area contributed by atoms with Gasteiger partial charge >= 0.3 is 5.97 Å². The molecule has 1 N–H and O–H groups in total. The van der Waals surface area contributed by atoms with Crippen molar-refractivity contribution < 1.29 is 9.53 Å². The van der Waals surface area contributed by atoms with Gasteiger partial charge in [0.1, 0.15) is 0 Å². The highest BCUT2D eigenvalue weighted by Crippen LogP contribution is 2.55. The lowest BCUT2D eigenvalue weighted by atomic mass is 9.62. The van der Waals surface area contributed by atoms with E-state index < -0.39 is 11.0 Å². The zero-order chi connectivity index (χ0) is 28.8. The van der Waals surface area contributed by atoms with Crippen molar-refractivity contribution in [2.45, 2.75) is 84.2 Å². The van der Waals surface area contributed by atoms with Crippen LogP contribution in [0.4, 0.5) is 0 Å². The van der Waals surface area contributed by atoms with E-state index in [-0.39, 0.29) is 17.6 Å². The van der Waals surface area contributed by atoms with Gasteiger partial charge in [0.15, 0.2) is 0 Å². The topological polar surface area (TPSA) is 108 Å². The van der Waals surface area contributed by atoms with Crippen molar-refractivity contribution in [3.63, 3.8) is 0 Å². The Morgan fingerprint density at radius 2 is 1.78 bits per heavy atom. The molecule has 0 radical (unpaired) electrons. The largest absolute Gasteiger partial charge is 0.466 e. The zero-order valence-electron chi connectivity index (χ0n) is 24.3. The van der Waals surface area contributed by atoms with Gasteiger partial charge in [-0.3, -0.25) is 14.3 Å². The maximum Gasteiger partial charge on any atom is 0.313 e. The Labute approximate surface area is 239 Å². The molecule has 0 unspecified atom stereocenters. The van der Waals surface area contributed by atoms with E-state index in [4.69, 9.17) is 4.74 Å². The number of tetrazole rings is 1. The van der Waals surface area contributed by atoms with E-state index in [0.29, 0.717) is 18.9 Å². The van der Waals surface area contributed by atoms with Crippen LogP contribution in [0.25, 0.3) is 22.5 Å². The fraction of sp³-hybridized carbons (Fsp3) is 0.469. The van der Waals surface area contributed by atoms with Crippen LogP contribution >= 0.6 is 0 Å². The number of esters is 1. The molecular formula is C32H38N6O3. The van der Waals surface area contributed by atoms with Crippen molar-refractivity contribution in [3.8, 4) is 22.5 Å². The molecule has 1 fully saturated rings. The summed E-state index contributed by atoms with van der Waals surface area (Å²) >= 11 is 0. The van der Waals surface area contributed by atoms with Gasteiger partial charge in [-0.25, -0.2) is 4.68 Å². The summed E-state index contributed by atoms with van der Waals surface area (Å²) in [6, 6.07) is 16.6. The van der Waals surface area contributed by atoms with Crippen LogP contribution in [0.1, 0.15) is 82.7 Å². The predicted octanol–water partition coefficient (Wildman–Crippen LogP) is 5.45. The number of carbonyl (C=O) groups excluding carboxylic acids is 1. The molecule has 4 heterocycles. The summed E-state index contributed by atoms with van der Waals surface area (Å²) in [7, 11) is 0. The van der Waals surface area contributed by atoms with Gasteiger partial charge in [0.05, 0.1) is 23.6 Å². The summed E-state index contributed by atoms with van der Waals surface area (Å²) < 4.78 is 9.84. The first-order chi connectivity index (χ1) is 19.8. The van der Waals surface area contributed by atoms with E-state index in [9.17, 15) is 9.59 Å². The summed E-state index contributed by atoms with van der Waals surface area (Å²) in [5.74, 6) is 0.365. The SMILES string of the molecule is CCCc1c(Cc2ccc(-c3ccccc3-c3nn[nH]n3)cc2)c(=O)n2n1C1(C(C)(C)C(=O)OCC)CCC2CC1. The van der Waals surface area contributed by atoms with E-state index in [1.54, 1.807) is 0 Å². The van der Waals surface area contributed by atoms with Crippen LogP contribution in [0.15, 0.2) is 53.3 Å². The Morgan fingerprint density at radius 3 is 2.41 bits per heavy atom. The normalized spacial score (nSPS) is 19.8. The molecule has 7 rings (SSSR count). The quantitative estimate of drug-likeness (QED) is 0.276. The Bertz CT molecular complexity index is 1610. The highest BCUT2D eigenvalue weighted by molar-refractivity contribution is 5.80. The minimum Gasteiger partial charge on any atom is -0.466 e. The Morgan fingerprint density at radius 1 is 1.07 bits per heavy atom. The molecule has 214 valence electrons. The van der Waals surface area contributed by atoms with E-state index in [1.807, 2.05) is 43.7 Å². The number of H-pyrrole nitrogens is 1. The number of hydrogen-bond donors (Lipinski definition) is 1. The molecule has 41 heavy (non-hydrogen) atoms. The second kappa shape index (κ2) is 10.4. The Hall–Kier alpha value is -4.01. The molecule has 2 aliphatic heterocycles. The second-order valence-corrected chi connectivity index (χ2v) is 11.9. The highest BCUT2D eigenvalue weighted by Gasteiger charge is 2.58. The number of ether oxygens (including phenoxy) is 1.